The summed E-state index contributed by atoms with van der Waals surface area (Å²) in [7, 11) is 0. The number of carbonyl (C=O) groups is 1. The molecule has 0 spiro atoms. The standard InChI is InChI=1S/C15H24N4O2/c1-15(2,3)21-14(20)18-12-5-4-8-19(10-12)13-7-6-11(16)9-17-13/h6-7,9,12H,4-5,8,10,16H2,1-3H3,(H,18,20). The first-order chi connectivity index (χ1) is 9.83. The van der Waals surface area contributed by atoms with Gasteiger partial charge in [-0.25, -0.2) is 9.78 Å². The highest BCUT2D eigenvalue weighted by Crippen LogP contribution is 2.19. The molecule has 1 saturated heterocycles. The highest BCUT2D eigenvalue weighted by atomic mass is 16.6. The molecule has 2 heterocycles. The van der Waals surface area contributed by atoms with Crippen LogP contribution in [0.1, 0.15) is 33.6 Å². The van der Waals surface area contributed by atoms with Crippen molar-refractivity contribution < 1.29 is 9.53 Å². The van der Waals surface area contributed by atoms with Crippen molar-refractivity contribution in [3.8, 4) is 0 Å². The number of nitrogens with one attached hydrogen (secondary N) is 1. The van der Waals surface area contributed by atoms with Gasteiger partial charge in [-0.3, -0.25) is 0 Å². The van der Waals surface area contributed by atoms with E-state index in [4.69, 9.17) is 10.5 Å². The fraction of sp³-hybridized carbons (Fsp3) is 0.600. The molecule has 1 unspecified atom stereocenters. The van der Waals surface area contributed by atoms with Gasteiger partial charge >= 0.3 is 6.09 Å². The number of nitrogens with zero attached hydrogens (tertiary/aromatic N) is 2. The van der Waals surface area contributed by atoms with E-state index in [1.54, 1.807) is 6.20 Å². The average molecular weight is 292 g/mol. The summed E-state index contributed by atoms with van der Waals surface area (Å²) in [6, 6.07) is 3.83. The Bertz CT molecular complexity index is 481. The molecule has 6 heteroatoms. The summed E-state index contributed by atoms with van der Waals surface area (Å²) in [5, 5.41) is 2.93. The summed E-state index contributed by atoms with van der Waals surface area (Å²) >= 11 is 0. The van der Waals surface area contributed by atoms with Crippen LogP contribution in [-0.2, 0) is 4.74 Å². The predicted octanol–water partition coefficient (Wildman–Crippen LogP) is 2.16. The van der Waals surface area contributed by atoms with Gasteiger partial charge in [0.2, 0.25) is 0 Å². The van der Waals surface area contributed by atoms with E-state index in [2.05, 4.69) is 15.2 Å². The number of piperidine rings is 1. The van der Waals surface area contributed by atoms with Crippen molar-refractivity contribution in [1.29, 1.82) is 0 Å². The van der Waals surface area contributed by atoms with E-state index >= 15 is 0 Å². The van der Waals surface area contributed by atoms with E-state index in [1.807, 2.05) is 32.9 Å². The number of nitrogens with two attached hydrogens (primary N) is 1. The predicted molar refractivity (Wildman–Crippen MR) is 83.3 cm³/mol. The van der Waals surface area contributed by atoms with Gasteiger partial charge in [-0.15, -0.1) is 0 Å². The summed E-state index contributed by atoms with van der Waals surface area (Å²) in [6.07, 6.45) is 3.25. The molecular formula is C15H24N4O2. The molecule has 1 aromatic heterocycles. The Morgan fingerprint density at radius 2 is 2.24 bits per heavy atom. The lowest BCUT2D eigenvalue weighted by atomic mass is 10.1. The summed E-state index contributed by atoms with van der Waals surface area (Å²) in [4.78, 5) is 18.3. The molecule has 1 aromatic rings. The lowest BCUT2D eigenvalue weighted by Gasteiger charge is -2.34. The van der Waals surface area contributed by atoms with Crippen molar-refractivity contribution in [1.82, 2.24) is 10.3 Å². The van der Waals surface area contributed by atoms with Crippen LogP contribution in [0, 0.1) is 0 Å². The molecule has 21 heavy (non-hydrogen) atoms. The minimum atomic E-state index is -0.475. The number of hydrogen-bond donors (Lipinski definition) is 2. The van der Waals surface area contributed by atoms with E-state index < -0.39 is 5.60 Å². The van der Waals surface area contributed by atoms with Crippen molar-refractivity contribution in [2.75, 3.05) is 23.7 Å². The number of alkyl carbamates (subject to hydrolysis) is 1. The van der Waals surface area contributed by atoms with Gasteiger partial charge < -0.3 is 20.7 Å². The van der Waals surface area contributed by atoms with Gasteiger partial charge in [0.1, 0.15) is 11.4 Å². The van der Waals surface area contributed by atoms with Gasteiger partial charge in [0.15, 0.2) is 0 Å². The fourth-order valence-electron chi connectivity index (χ4n) is 2.36. The third kappa shape index (κ3) is 4.81. The van der Waals surface area contributed by atoms with Crippen LogP contribution in [0.3, 0.4) is 0 Å². The molecule has 0 aromatic carbocycles. The van der Waals surface area contributed by atoms with Crippen LogP contribution in [0.25, 0.3) is 0 Å². The Hall–Kier alpha value is -1.98. The number of aromatic nitrogens is 1. The Labute approximate surface area is 125 Å². The van der Waals surface area contributed by atoms with Crippen molar-refractivity contribution in [3.63, 3.8) is 0 Å². The number of pyridine rings is 1. The second-order valence-electron chi connectivity index (χ2n) is 6.38. The van der Waals surface area contributed by atoms with Gasteiger partial charge in [0.25, 0.3) is 0 Å². The molecule has 1 atom stereocenters. The van der Waals surface area contributed by atoms with E-state index in [-0.39, 0.29) is 12.1 Å². The van der Waals surface area contributed by atoms with Crippen LogP contribution in [0.5, 0.6) is 0 Å². The van der Waals surface area contributed by atoms with Gasteiger partial charge in [-0.05, 0) is 45.7 Å². The van der Waals surface area contributed by atoms with E-state index in [0.717, 1.165) is 31.7 Å². The molecular weight excluding hydrogens is 268 g/mol. The Kier molecular flexibility index (Phi) is 4.55. The van der Waals surface area contributed by atoms with Crippen molar-refractivity contribution in [2.45, 2.75) is 45.3 Å². The Morgan fingerprint density at radius 3 is 2.86 bits per heavy atom. The molecule has 1 fully saturated rings. The van der Waals surface area contributed by atoms with Crippen LogP contribution < -0.4 is 16.0 Å². The maximum Gasteiger partial charge on any atom is 0.407 e. The van der Waals surface area contributed by atoms with Crippen LogP contribution in [0.4, 0.5) is 16.3 Å². The fourth-order valence-corrected chi connectivity index (χ4v) is 2.36. The lowest BCUT2D eigenvalue weighted by Crippen LogP contribution is -2.49. The normalized spacial score (nSPS) is 19.2. The number of rotatable bonds is 2. The minimum absolute atomic E-state index is 0.0768. The molecule has 0 aliphatic carbocycles. The molecule has 3 N–H and O–H groups in total. The second kappa shape index (κ2) is 6.20. The molecule has 2 rings (SSSR count). The zero-order valence-corrected chi connectivity index (χ0v) is 12.9. The number of amides is 1. The topological polar surface area (TPSA) is 80.5 Å². The lowest BCUT2D eigenvalue weighted by molar-refractivity contribution is 0.0500. The average Bonchev–Trinajstić information content (AvgIpc) is 2.37. The van der Waals surface area contributed by atoms with E-state index in [0.29, 0.717) is 5.69 Å². The van der Waals surface area contributed by atoms with Crippen molar-refractivity contribution in [2.24, 2.45) is 0 Å². The van der Waals surface area contributed by atoms with E-state index in [1.165, 1.54) is 0 Å². The maximum absolute atomic E-state index is 11.8. The number of hydrogen-bond acceptors (Lipinski definition) is 5. The molecule has 6 nitrogen and oxygen atoms in total. The number of anilines is 2. The number of nitrogen functional groups attached to an aromatic ring is 1. The summed E-state index contributed by atoms with van der Waals surface area (Å²) in [6.45, 7) is 7.24. The first-order valence-electron chi connectivity index (χ1n) is 7.29. The Balaban J connectivity index is 1.91. The van der Waals surface area contributed by atoms with Gasteiger partial charge in [0, 0.05) is 19.1 Å². The smallest absolute Gasteiger partial charge is 0.407 e. The highest BCUT2D eigenvalue weighted by Gasteiger charge is 2.24. The zero-order valence-electron chi connectivity index (χ0n) is 12.9. The van der Waals surface area contributed by atoms with Crippen LogP contribution in [-0.4, -0.2) is 35.8 Å². The third-order valence-electron chi connectivity index (χ3n) is 3.24. The maximum atomic E-state index is 11.8. The monoisotopic (exact) mass is 292 g/mol. The molecule has 1 aliphatic rings. The molecule has 0 saturated carbocycles. The number of ether oxygens (including phenoxy) is 1. The summed E-state index contributed by atoms with van der Waals surface area (Å²) in [5.74, 6) is 0.889. The largest absolute Gasteiger partial charge is 0.444 e. The first kappa shape index (κ1) is 15.4. The van der Waals surface area contributed by atoms with Gasteiger partial charge in [-0.2, -0.15) is 0 Å². The molecule has 1 aliphatic heterocycles. The van der Waals surface area contributed by atoms with Crippen LogP contribution >= 0.6 is 0 Å². The van der Waals surface area contributed by atoms with Crippen LogP contribution in [0.2, 0.25) is 0 Å². The number of carbonyl (C=O) groups excluding carboxylic acids is 1. The van der Waals surface area contributed by atoms with Crippen LogP contribution in [0.15, 0.2) is 18.3 Å². The van der Waals surface area contributed by atoms with Gasteiger partial charge in [0.05, 0.1) is 11.9 Å². The molecule has 1 amide bonds. The Morgan fingerprint density at radius 1 is 1.48 bits per heavy atom. The summed E-state index contributed by atoms with van der Waals surface area (Å²) in [5.41, 5.74) is 5.83. The summed E-state index contributed by atoms with van der Waals surface area (Å²) < 4.78 is 5.30. The molecule has 116 valence electrons. The molecule has 0 radical (unpaired) electrons. The highest BCUT2D eigenvalue weighted by molar-refractivity contribution is 5.68. The zero-order chi connectivity index (χ0) is 15.5. The van der Waals surface area contributed by atoms with Gasteiger partial charge in [-0.1, -0.05) is 0 Å². The minimum Gasteiger partial charge on any atom is -0.444 e. The SMILES string of the molecule is CC(C)(C)OC(=O)NC1CCCN(c2ccc(N)cn2)C1. The third-order valence-corrected chi connectivity index (χ3v) is 3.24. The molecule has 0 bridgehead atoms. The van der Waals surface area contributed by atoms with E-state index in [9.17, 15) is 4.79 Å². The van der Waals surface area contributed by atoms with Crippen molar-refractivity contribution >= 4 is 17.6 Å². The first-order valence-corrected chi connectivity index (χ1v) is 7.29. The van der Waals surface area contributed by atoms with Crippen molar-refractivity contribution in [3.05, 3.63) is 18.3 Å². The quantitative estimate of drug-likeness (QED) is 0.873. The second-order valence-corrected chi connectivity index (χ2v) is 6.38.